The number of ketones is 1. The number of carboxylic acids is 1. The van der Waals surface area contributed by atoms with Crippen LogP contribution >= 0.6 is 35.6 Å². The Morgan fingerprint density at radius 2 is 1.86 bits per heavy atom. The van der Waals surface area contributed by atoms with Crippen molar-refractivity contribution in [3.63, 3.8) is 0 Å². The lowest BCUT2D eigenvalue weighted by molar-refractivity contribution is -0.140. The van der Waals surface area contributed by atoms with Crippen molar-refractivity contribution in [2.75, 3.05) is 13.2 Å². The van der Waals surface area contributed by atoms with Crippen LogP contribution < -0.4 is 4.74 Å². The maximum atomic E-state index is 12.3. The zero-order chi connectivity index (χ0) is 21.0. The molecule has 0 atom stereocenters. The summed E-state index contributed by atoms with van der Waals surface area (Å²) in [6.07, 6.45) is 1.62. The first-order valence-electron chi connectivity index (χ1n) is 8.33. The summed E-state index contributed by atoms with van der Waals surface area (Å²) in [5, 5.41) is 9.24. The standard InChI is InChI=1S/C20H14ClNO5S2/c21-15-4-2-1-3-14(15)16(23)11-27-13-7-5-12(6-8-13)9-17-19(26)22(10-18(24)25)20(28)29-17/h1-9H,10-11H2,(H,24,25)/b17-9-. The zero-order valence-corrected chi connectivity index (χ0v) is 17.2. The van der Waals surface area contributed by atoms with Gasteiger partial charge in [-0.3, -0.25) is 19.3 Å². The molecule has 1 saturated heterocycles. The van der Waals surface area contributed by atoms with Gasteiger partial charge in [-0.2, -0.15) is 0 Å². The minimum atomic E-state index is -1.13. The number of thioether (sulfide) groups is 1. The van der Waals surface area contributed by atoms with E-state index < -0.39 is 18.4 Å². The highest BCUT2D eigenvalue weighted by molar-refractivity contribution is 8.26. The fourth-order valence-electron chi connectivity index (χ4n) is 2.50. The smallest absolute Gasteiger partial charge is 0.323 e. The number of thiocarbonyl (C=S) groups is 1. The number of hydrogen-bond acceptors (Lipinski definition) is 6. The molecule has 0 aromatic heterocycles. The first-order chi connectivity index (χ1) is 13.8. The fourth-order valence-corrected chi connectivity index (χ4v) is 3.99. The number of benzene rings is 2. The molecule has 0 bridgehead atoms. The van der Waals surface area contributed by atoms with Crippen LogP contribution in [-0.4, -0.2) is 45.1 Å². The first-order valence-corrected chi connectivity index (χ1v) is 9.93. The number of aliphatic carboxylic acids is 1. The van der Waals surface area contributed by atoms with E-state index in [1.165, 1.54) is 0 Å². The third kappa shape index (κ3) is 5.23. The summed E-state index contributed by atoms with van der Waals surface area (Å²) in [7, 11) is 0. The lowest BCUT2D eigenvalue weighted by atomic mass is 10.1. The van der Waals surface area contributed by atoms with Crippen molar-refractivity contribution >= 4 is 63.6 Å². The number of ether oxygens (including phenoxy) is 1. The third-order valence-electron chi connectivity index (χ3n) is 3.89. The molecule has 1 fully saturated rings. The molecule has 2 aromatic rings. The molecule has 1 heterocycles. The van der Waals surface area contributed by atoms with Crippen molar-refractivity contribution < 1.29 is 24.2 Å². The van der Waals surface area contributed by atoms with Gasteiger partial charge in [-0.1, -0.05) is 59.8 Å². The molecule has 1 aliphatic heterocycles. The Kier molecular flexibility index (Phi) is 6.68. The third-order valence-corrected chi connectivity index (χ3v) is 5.60. The molecule has 1 N–H and O–H groups in total. The van der Waals surface area contributed by atoms with Crippen LogP contribution in [0.15, 0.2) is 53.4 Å². The fraction of sp³-hybridized carbons (Fsp3) is 0.100. The molecule has 9 heteroatoms. The number of amides is 1. The van der Waals surface area contributed by atoms with Gasteiger partial charge in [-0.15, -0.1) is 0 Å². The van der Waals surface area contributed by atoms with Crippen LogP contribution in [0.5, 0.6) is 5.75 Å². The van der Waals surface area contributed by atoms with Crippen LogP contribution in [0.1, 0.15) is 15.9 Å². The SMILES string of the molecule is O=C(O)CN1C(=O)/C(=C/c2ccc(OCC(=O)c3ccccc3Cl)cc2)SC1=S. The van der Waals surface area contributed by atoms with Gasteiger partial charge in [0.15, 0.2) is 6.61 Å². The van der Waals surface area contributed by atoms with E-state index >= 15 is 0 Å². The lowest BCUT2D eigenvalue weighted by Gasteiger charge is -2.10. The molecule has 0 aliphatic carbocycles. The van der Waals surface area contributed by atoms with Gasteiger partial charge in [-0.25, -0.2) is 0 Å². The van der Waals surface area contributed by atoms with Crippen LogP contribution in [0.3, 0.4) is 0 Å². The second-order valence-corrected chi connectivity index (χ2v) is 8.01. The summed E-state index contributed by atoms with van der Waals surface area (Å²) < 4.78 is 5.72. The van der Waals surface area contributed by atoms with E-state index in [1.807, 2.05) is 0 Å². The zero-order valence-electron chi connectivity index (χ0n) is 14.8. The quantitative estimate of drug-likeness (QED) is 0.391. The summed E-state index contributed by atoms with van der Waals surface area (Å²) in [5.74, 6) is -1.31. The van der Waals surface area contributed by atoms with Crippen LogP contribution in [0.2, 0.25) is 5.02 Å². The van der Waals surface area contributed by atoms with E-state index in [1.54, 1.807) is 54.6 Å². The highest BCUT2D eigenvalue weighted by Crippen LogP contribution is 2.32. The second-order valence-electron chi connectivity index (χ2n) is 5.92. The number of hydrogen-bond donors (Lipinski definition) is 1. The van der Waals surface area contributed by atoms with Gasteiger partial charge in [0.1, 0.15) is 16.6 Å². The Hall–Kier alpha value is -2.68. The highest BCUT2D eigenvalue weighted by Gasteiger charge is 2.33. The van der Waals surface area contributed by atoms with Crippen molar-refractivity contribution in [1.82, 2.24) is 4.90 Å². The maximum Gasteiger partial charge on any atom is 0.323 e. The Morgan fingerprint density at radius 1 is 1.17 bits per heavy atom. The molecule has 1 amide bonds. The Labute approximate surface area is 181 Å². The molecule has 0 saturated carbocycles. The Balaban J connectivity index is 1.63. The van der Waals surface area contributed by atoms with Gasteiger partial charge < -0.3 is 9.84 Å². The van der Waals surface area contributed by atoms with Crippen molar-refractivity contribution in [1.29, 1.82) is 0 Å². The molecule has 148 valence electrons. The number of carboxylic acid groups (broad SMARTS) is 1. The van der Waals surface area contributed by atoms with Crippen LogP contribution in [0.25, 0.3) is 6.08 Å². The van der Waals surface area contributed by atoms with Crippen molar-refractivity contribution in [3.8, 4) is 5.75 Å². The van der Waals surface area contributed by atoms with Crippen molar-refractivity contribution in [2.45, 2.75) is 0 Å². The number of Topliss-reactive ketones (excluding diaryl/α,β-unsaturated/α-hetero) is 1. The molecule has 3 rings (SSSR count). The van der Waals surface area contributed by atoms with E-state index in [0.29, 0.717) is 26.8 Å². The number of carbonyl (C=O) groups excluding carboxylic acids is 2. The van der Waals surface area contributed by atoms with Gasteiger partial charge >= 0.3 is 5.97 Å². The van der Waals surface area contributed by atoms with Gasteiger partial charge in [0.2, 0.25) is 5.78 Å². The Morgan fingerprint density at radius 3 is 2.52 bits per heavy atom. The van der Waals surface area contributed by atoms with E-state index in [0.717, 1.165) is 16.7 Å². The number of halogens is 1. The van der Waals surface area contributed by atoms with Gasteiger partial charge in [0.05, 0.1) is 9.93 Å². The lowest BCUT2D eigenvalue weighted by Crippen LogP contribution is -2.33. The topological polar surface area (TPSA) is 83.9 Å². The van der Waals surface area contributed by atoms with E-state index in [-0.39, 0.29) is 16.7 Å². The maximum absolute atomic E-state index is 12.3. The minimum absolute atomic E-state index is 0.156. The number of rotatable bonds is 7. The van der Waals surface area contributed by atoms with Gasteiger partial charge in [-0.05, 0) is 35.9 Å². The normalized spacial score (nSPS) is 15.1. The highest BCUT2D eigenvalue weighted by atomic mass is 35.5. The largest absolute Gasteiger partial charge is 0.485 e. The van der Waals surface area contributed by atoms with Crippen LogP contribution in [0.4, 0.5) is 0 Å². The second kappa shape index (κ2) is 9.21. The Bertz CT molecular complexity index is 1020. The molecule has 6 nitrogen and oxygen atoms in total. The summed E-state index contributed by atoms with van der Waals surface area (Å²) in [4.78, 5) is 36.7. The molecule has 0 spiro atoms. The molecule has 0 radical (unpaired) electrons. The summed E-state index contributed by atoms with van der Waals surface area (Å²) >= 11 is 12.1. The first kappa shape index (κ1) is 21.0. The molecule has 29 heavy (non-hydrogen) atoms. The van der Waals surface area contributed by atoms with Gasteiger partial charge in [0, 0.05) is 5.56 Å². The average molecular weight is 448 g/mol. The molecule has 1 aliphatic rings. The molecule has 2 aromatic carbocycles. The molecular formula is C20H14ClNO5S2. The number of nitrogens with zero attached hydrogens (tertiary/aromatic N) is 1. The molecular weight excluding hydrogens is 434 g/mol. The summed E-state index contributed by atoms with van der Waals surface area (Å²) in [6.45, 7) is -0.620. The van der Waals surface area contributed by atoms with E-state index in [9.17, 15) is 14.4 Å². The monoisotopic (exact) mass is 447 g/mol. The molecule has 0 unspecified atom stereocenters. The van der Waals surface area contributed by atoms with Crippen molar-refractivity contribution in [3.05, 3.63) is 69.6 Å². The van der Waals surface area contributed by atoms with Gasteiger partial charge in [0.25, 0.3) is 5.91 Å². The predicted octanol–water partition coefficient (Wildman–Crippen LogP) is 3.89. The van der Waals surface area contributed by atoms with Crippen LogP contribution in [-0.2, 0) is 9.59 Å². The minimum Gasteiger partial charge on any atom is -0.485 e. The average Bonchev–Trinajstić information content (AvgIpc) is 2.94. The summed E-state index contributed by atoms with van der Waals surface area (Å²) in [5.41, 5.74) is 1.11. The van der Waals surface area contributed by atoms with Crippen LogP contribution in [0, 0.1) is 0 Å². The van der Waals surface area contributed by atoms with E-state index in [2.05, 4.69) is 0 Å². The van der Waals surface area contributed by atoms with Crippen molar-refractivity contribution in [2.24, 2.45) is 0 Å². The predicted molar refractivity (Wildman–Crippen MR) is 115 cm³/mol. The van der Waals surface area contributed by atoms with E-state index in [4.69, 9.17) is 33.7 Å². The summed E-state index contributed by atoms with van der Waals surface area (Å²) in [6, 6.07) is 13.5. The number of carbonyl (C=O) groups is 3.